The van der Waals surface area contributed by atoms with Crippen LogP contribution in [0.1, 0.15) is 48.8 Å². The molecule has 1 unspecified atom stereocenters. The Morgan fingerprint density at radius 3 is 2.92 bits per heavy atom. The SMILES string of the molecule is CCN=C(N)c1ccc(Oc2ccc3c(c2)CCCC3CCN)nc1. The summed E-state index contributed by atoms with van der Waals surface area (Å²) in [6.45, 7) is 3.35. The van der Waals surface area contributed by atoms with Gasteiger partial charge >= 0.3 is 0 Å². The summed E-state index contributed by atoms with van der Waals surface area (Å²) in [7, 11) is 0. The molecule has 0 bridgehead atoms. The zero-order chi connectivity index (χ0) is 17.6. The van der Waals surface area contributed by atoms with Crippen molar-refractivity contribution in [1.29, 1.82) is 0 Å². The van der Waals surface area contributed by atoms with Crippen molar-refractivity contribution in [2.24, 2.45) is 16.5 Å². The molecule has 5 nitrogen and oxygen atoms in total. The molecule has 0 spiro atoms. The van der Waals surface area contributed by atoms with Crippen molar-refractivity contribution in [3.63, 3.8) is 0 Å². The Morgan fingerprint density at radius 1 is 1.32 bits per heavy atom. The van der Waals surface area contributed by atoms with Gasteiger partial charge in [-0.1, -0.05) is 6.07 Å². The van der Waals surface area contributed by atoms with Crippen molar-refractivity contribution in [3.05, 3.63) is 53.2 Å². The van der Waals surface area contributed by atoms with Gasteiger partial charge in [0.1, 0.15) is 11.6 Å². The number of hydrogen-bond donors (Lipinski definition) is 2. The third-order valence-corrected chi connectivity index (χ3v) is 4.65. The predicted molar refractivity (Wildman–Crippen MR) is 101 cm³/mol. The summed E-state index contributed by atoms with van der Waals surface area (Å²) in [6.07, 6.45) is 6.29. The van der Waals surface area contributed by atoms with Gasteiger partial charge in [0, 0.05) is 24.4 Å². The average molecular weight is 338 g/mol. The molecule has 5 heteroatoms. The molecule has 0 fully saturated rings. The first-order chi connectivity index (χ1) is 12.2. The summed E-state index contributed by atoms with van der Waals surface area (Å²) in [5.41, 5.74) is 15.2. The van der Waals surface area contributed by atoms with E-state index in [4.69, 9.17) is 16.2 Å². The first kappa shape index (κ1) is 17.4. The molecule has 2 aromatic rings. The highest BCUT2D eigenvalue weighted by Gasteiger charge is 2.20. The second-order valence-corrected chi connectivity index (χ2v) is 6.37. The van der Waals surface area contributed by atoms with E-state index < -0.39 is 0 Å². The van der Waals surface area contributed by atoms with Gasteiger partial charge in [-0.25, -0.2) is 4.98 Å². The van der Waals surface area contributed by atoms with Gasteiger partial charge < -0.3 is 16.2 Å². The van der Waals surface area contributed by atoms with Crippen LogP contribution in [-0.4, -0.2) is 23.9 Å². The fourth-order valence-electron chi connectivity index (χ4n) is 3.43. The number of amidine groups is 1. The van der Waals surface area contributed by atoms with Crippen molar-refractivity contribution < 1.29 is 4.74 Å². The van der Waals surface area contributed by atoms with Crippen LogP contribution in [0.3, 0.4) is 0 Å². The summed E-state index contributed by atoms with van der Waals surface area (Å²) in [5, 5.41) is 0. The molecular formula is C20H26N4O. The van der Waals surface area contributed by atoms with Crippen LogP contribution in [0.4, 0.5) is 0 Å². The number of ether oxygens (including phenoxy) is 1. The molecule has 132 valence electrons. The minimum atomic E-state index is 0.501. The molecule has 3 rings (SSSR count). The molecule has 4 N–H and O–H groups in total. The number of pyridine rings is 1. The van der Waals surface area contributed by atoms with Gasteiger partial charge in [0.25, 0.3) is 0 Å². The van der Waals surface area contributed by atoms with E-state index >= 15 is 0 Å². The molecule has 25 heavy (non-hydrogen) atoms. The molecule has 1 aromatic heterocycles. The van der Waals surface area contributed by atoms with E-state index in [0.717, 1.165) is 30.7 Å². The van der Waals surface area contributed by atoms with E-state index in [1.807, 2.05) is 25.1 Å². The maximum absolute atomic E-state index is 5.92. The van der Waals surface area contributed by atoms with Crippen LogP contribution in [-0.2, 0) is 6.42 Å². The van der Waals surface area contributed by atoms with E-state index in [1.165, 1.54) is 24.0 Å². The van der Waals surface area contributed by atoms with E-state index in [-0.39, 0.29) is 0 Å². The second-order valence-electron chi connectivity index (χ2n) is 6.37. The number of fused-ring (bicyclic) bond motifs is 1. The monoisotopic (exact) mass is 338 g/mol. The Bertz CT molecular complexity index is 740. The summed E-state index contributed by atoms with van der Waals surface area (Å²) in [5.74, 6) is 2.47. The van der Waals surface area contributed by atoms with Crippen molar-refractivity contribution in [3.8, 4) is 11.6 Å². The minimum absolute atomic E-state index is 0.501. The number of aryl methyl sites for hydroxylation is 1. The Balaban J connectivity index is 1.74. The number of benzene rings is 1. The first-order valence-electron chi connectivity index (χ1n) is 8.98. The van der Waals surface area contributed by atoms with Gasteiger partial charge in [0.2, 0.25) is 5.88 Å². The van der Waals surface area contributed by atoms with Crippen LogP contribution in [0.15, 0.2) is 41.5 Å². The third-order valence-electron chi connectivity index (χ3n) is 4.65. The van der Waals surface area contributed by atoms with Gasteiger partial charge in [-0.05, 0) is 74.4 Å². The lowest BCUT2D eigenvalue weighted by Gasteiger charge is -2.25. The molecule has 0 saturated carbocycles. The molecule has 0 amide bonds. The zero-order valence-corrected chi connectivity index (χ0v) is 14.7. The molecular weight excluding hydrogens is 312 g/mol. The number of aliphatic imine (C=N–C) groups is 1. The highest BCUT2D eigenvalue weighted by atomic mass is 16.5. The normalized spacial score (nSPS) is 17.2. The highest BCUT2D eigenvalue weighted by molar-refractivity contribution is 5.97. The molecule has 1 heterocycles. The van der Waals surface area contributed by atoms with Crippen LogP contribution in [0.5, 0.6) is 11.6 Å². The topological polar surface area (TPSA) is 86.5 Å². The number of nitrogens with two attached hydrogens (primary N) is 2. The van der Waals surface area contributed by atoms with Crippen LogP contribution < -0.4 is 16.2 Å². The van der Waals surface area contributed by atoms with Gasteiger partial charge in [-0.2, -0.15) is 0 Å². The Labute approximate surface area is 149 Å². The molecule has 1 aliphatic rings. The molecule has 0 aliphatic heterocycles. The summed E-state index contributed by atoms with van der Waals surface area (Å²) < 4.78 is 5.92. The van der Waals surface area contributed by atoms with Gasteiger partial charge in [-0.3, -0.25) is 4.99 Å². The Morgan fingerprint density at radius 2 is 2.20 bits per heavy atom. The minimum Gasteiger partial charge on any atom is -0.439 e. The average Bonchev–Trinajstić information content (AvgIpc) is 2.63. The van der Waals surface area contributed by atoms with Crippen LogP contribution in [0.25, 0.3) is 0 Å². The van der Waals surface area contributed by atoms with Gasteiger partial charge in [-0.15, -0.1) is 0 Å². The summed E-state index contributed by atoms with van der Waals surface area (Å²) in [4.78, 5) is 8.52. The van der Waals surface area contributed by atoms with Crippen molar-refractivity contribution in [2.75, 3.05) is 13.1 Å². The summed E-state index contributed by atoms with van der Waals surface area (Å²) in [6, 6.07) is 10.1. The Kier molecular flexibility index (Phi) is 5.66. The number of hydrogen-bond acceptors (Lipinski definition) is 4. The maximum Gasteiger partial charge on any atom is 0.219 e. The van der Waals surface area contributed by atoms with Gasteiger partial charge in [0.05, 0.1) is 0 Å². The fourth-order valence-corrected chi connectivity index (χ4v) is 3.43. The van der Waals surface area contributed by atoms with Crippen LogP contribution in [0.2, 0.25) is 0 Å². The molecule has 1 atom stereocenters. The van der Waals surface area contributed by atoms with E-state index in [9.17, 15) is 0 Å². The standard InChI is InChI=1S/C20H26N4O/c1-2-23-20(22)16-6-9-19(24-13-16)25-17-7-8-18-14(10-11-21)4-3-5-15(18)12-17/h6-9,12-14H,2-5,10-11,21H2,1H3,(H2,22,23). The quantitative estimate of drug-likeness (QED) is 0.624. The first-order valence-corrected chi connectivity index (χ1v) is 8.98. The molecule has 0 saturated heterocycles. The molecule has 1 aromatic carbocycles. The predicted octanol–water partition coefficient (Wildman–Crippen LogP) is 3.37. The van der Waals surface area contributed by atoms with Crippen LogP contribution >= 0.6 is 0 Å². The highest BCUT2D eigenvalue weighted by Crippen LogP contribution is 2.36. The lowest BCUT2D eigenvalue weighted by molar-refractivity contribution is 0.459. The number of rotatable bonds is 6. The van der Waals surface area contributed by atoms with Crippen molar-refractivity contribution >= 4 is 5.84 Å². The largest absolute Gasteiger partial charge is 0.439 e. The molecule has 1 aliphatic carbocycles. The third kappa shape index (κ3) is 4.17. The lowest BCUT2D eigenvalue weighted by Crippen LogP contribution is -2.14. The fraction of sp³-hybridized carbons (Fsp3) is 0.400. The second kappa shape index (κ2) is 8.12. The van der Waals surface area contributed by atoms with E-state index in [0.29, 0.717) is 24.2 Å². The van der Waals surface area contributed by atoms with Crippen molar-refractivity contribution in [2.45, 2.75) is 38.5 Å². The molecule has 0 radical (unpaired) electrons. The van der Waals surface area contributed by atoms with E-state index in [1.54, 1.807) is 6.20 Å². The van der Waals surface area contributed by atoms with E-state index in [2.05, 4.69) is 22.1 Å². The van der Waals surface area contributed by atoms with Gasteiger partial charge in [0.15, 0.2) is 0 Å². The lowest BCUT2D eigenvalue weighted by atomic mass is 9.81. The van der Waals surface area contributed by atoms with Crippen LogP contribution in [0, 0.1) is 0 Å². The van der Waals surface area contributed by atoms with Crippen molar-refractivity contribution in [1.82, 2.24) is 4.98 Å². The number of aromatic nitrogens is 1. The summed E-state index contributed by atoms with van der Waals surface area (Å²) >= 11 is 0. The Hall–Kier alpha value is -2.40. The zero-order valence-electron chi connectivity index (χ0n) is 14.7. The number of nitrogens with zero attached hydrogens (tertiary/aromatic N) is 2. The smallest absolute Gasteiger partial charge is 0.219 e. The maximum atomic E-state index is 5.92.